The summed E-state index contributed by atoms with van der Waals surface area (Å²) in [4.78, 5) is 38.9. The van der Waals surface area contributed by atoms with E-state index in [-0.39, 0.29) is 18.4 Å². The summed E-state index contributed by atoms with van der Waals surface area (Å²) in [5.74, 6) is 0.867. The monoisotopic (exact) mass is 374 g/mol. The van der Waals surface area contributed by atoms with Gasteiger partial charge in [0.1, 0.15) is 0 Å². The first-order chi connectivity index (χ1) is 13.2. The zero-order valence-electron chi connectivity index (χ0n) is 16.0. The third-order valence-corrected chi connectivity index (χ3v) is 5.19. The molecule has 2 aliphatic rings. The molecule has 0 saturated carbocycles. The van der Waals surface area contributed by atoms with E-state index < -0.39 is 0 Å². The van der Waals surface area contributed by atoms with Crippen molar-refractivity contribution in [2.75, 3.05) is 57.3 Å². The number of piperazine rings is 1. The molecule has 148 valence electrons. The lowest BCUT2D eigenvalue weighted by Crippen LogP contribution is -2.47. The Morgan fingerprint density at radius 3 is 2.59 bits per heavy atom. The van der Waals surface area contributed by atoms with Crippen LogP contribution in [0.2, 0.25) is 0 Å². The smallest absolute Gasteiger partial charge is 0.239 e. The van der Waals surface area contributed by atoms with Gasteiger partial charge in [-0.1, -0.05) is 6.42 Å². The van der Waals surface area contributed by atoms with Crippen LogP contribution >= 0.6 is 0 Å². The molecule has 2 saturated heterocycles. The standard InChI is InChI=1S/C19H30N6O2/c26-17(16-25-11-3-1-2-6-18(25)27)20-9-5-10-23-12-14-24(15-13-23)19-21-7-4-8-22-19/h4,7-8H,1-3,5-6,9-16H2,(H,20,26). The number of hydrogen-bond acceptors (Lipinski definition) is 6. The van der Waals surface area contributed by atoms with Gasteiger partial charge in [0.05, 0.1) is 6.54 Å². The summed E-state index contributed by atoms with van der Waals surface area (Å²) in [6, 6.07) is 1.83. The minimum atomic E-state index is -0.0451. The Morgan fingerprint density at radius 1 is 1.04 bits per heavy atom. The van der Waals surface area contributed by atoms with Gasteiger partial charge in [-0.05, 0) is 31.9 Å². The summed E-state index contributed by atoms with van der Waals surface area (Å²) in [7, 11) is 0. The summed E-state index contributed by atoms with van der Waals surface area (Å²) in [6.07, 6.45) is 8.06. The van der Waals surface area contributed by atoms with E-state index in [4.69, 9.17) is 0 Å². The summed E-state index contributed by atoms with van der Waals surface area (Å²) >= 11 is 0. The molecule has 0 radical (unpaired) electrons. The van der Waals surface area contributed by atoms with Crippen molar-refractivity contribution in [2.24, 2.45) is 0 Å². The molecular weight excluding hydrogens is 344 g/mol. The Kier molecular flexibility index (Phi) is 7.38. The van der Waals surface area contributed by atoms with E-state index in [2.05, 4.69) is 25.1 Å². The summed E-state index contributed by atoms with van der Waals surface area (Å²) < 4.78 is 0. The van der Waals surface area contributed by atoms with E-state index in [0.29, 0.717) is 19.5 Å². The fourth-order valence-corrected chi connectivity index (χ4v) is 3.59. The molecule has 2 aliphatic heterocycles. The molecule has 8 heteroatoms. The van der Waals surface area contributed by atoms with Crippen molar-refractivity contribution >= 4 is 17.8 Å². The van der Waals surface area contributed by atoms with E-state index in [1.165, 1.54) is 0 Å². The van der Waals surface area contributed by atoms with Gasteiger partial charge in [0, 0.05) is 58.1 Å². The lowest BCUT2D eigenvalue weighted by molar-refractivity contribution is -0.135. The van der Waals surface area contributed by atoms with Gasteiger partial charge in [0.25, 0.3) is 0 Å². The summed E-state index contributed by atoms with van der Waals surface area (Å²) in [6.45, 7) is 6.34. The number of anilines is 1. The van der Waals surface area contributed by atoms with Gasteiger partial charge in [-0.2, -0.15) is 0 Å². The third kappa shape index (κ3) is 6.16. The van der Waals surface area contributed by atoms with Crippen LogP contribution in [0.3, 0.4) is 0 Å². The van der Waals surface area contributed by atoms with E-state index in [9.17, 15) is 9.59 Å². The number of carbonyl (C=O) groups is 2. The Morgan fingerprint density at radius 2 is 1.81 bits per heavy atom. The fraction of sp³-hybridized carbons (Fsp3) is 0.684. The van der Waals surface area contributed by atoms with Crippen molar-refractivity contribution in [3.63, 3.8) is 0 Å². The maximum atomic E-state index is 12.1. The Bertz CT molecular complexity index is 603. The van der Waals surface area contributed by atoms with Crippen molar-refractivity contribution in [1.29, 1.82) is 0 Å². The first kappa shape index (κ1) is 19.5. The second-order valence-corrected chi connectivity index (χ2v) is 7.21. The summed E-state index contributed by atoms with van der Waals surface area (Å²) in [5, 5.41) is 2.96. The number of carbonyl (C=O) groups excluding carboxylic acids is 2. The van der Waals surface area contributed by atoms with Crippen LogP contribution in [0.1, 0.15) is 32.1 Å². The topological polar surface area (TPSA) is 81.7 Å². The zero-order chi connectivity index (χ0) is 18.9. The van der Waals surface area contributed by atoms with Gasteiger partial charge < -0.3 is 15.1 Å². The predicted molar refractivity (Wildman–Crippen MR) is 103 cm³/mol. The second-order valence-electron chi connectivity index (χ2n) is 7.21. The Labute approximate surface area is 160 Å². The van der Waals surface area contributed by atoms with Crippen molar-refractivity contribution in [2.45, 2.75) is 32.1 Å². The van der Waals surface area contributed by atoms with Crippen molar-refractivity contribution in [3.8, 4) is 0 Å². The number of amides is 2. The molecule has 1 N–H and O–H groups in total. The molecule has 3 rings (SSSR count). The van der Waals surface area contributed by atoms with Gasteiger partial charge in [-0.3, -0.25) is 14.5 Å². The molecule has 0 aromatic carbocycles. The molecule has 0 aliphatic carbocycles. The number of hydrogen-bond donors (Lipinski definition) is 1. The number of nitrogens with zero attached hydrogens (tertiary/aromatic N) is 5. The molecule has 1 aromatic heterocycles. The van der Waals surface area contributed by atoms with Crippen LogP contribution in [-0.4, -0.2) is 83.9 Å². The number of rotatable bonds is 7. The average molecular weight is 374 g/mol. The van der Waals surface area contributed by atoms with Crippen LogP contribution in [0.4, 0.5) is 5.95 Å². The minimum Gasteiger partial charge on any atom is -0.355 e. The Balaban J connectivity index is 1.28. The van der Waals surface area contributed by atoms with E-state index in [1.807, 2.05) is 6.07 Å². The number of likely N-dealkylation sites (tertiary alicyclic amines) is 1. The minimum absolute atomic E-state index is 0.0451. The molecule has 0 unspecified atom stereocenters. The highest BCUT2D eigenvalue weighted by atomic mass is 16.2. The van der Waals surface area contributed by atoms with Crippen LogP contribution in [0.25, 0.3) is 0 Å². The molecule has 2 fully saturated rings. The van der Waals surface area contributed by atoms with Crippen molar-refractivity contribution in [1.82, 2.24) is 25.1 Å². The molecule has 0 atom stereocenters. The fourth-order valence-electron chi connectivity index (χ4n) is 3.59. The van der Waals surface area contributed by atoms with Crippen LogP contribution in [-0.2, 0) is 9.59 Å². The van der Waals surface area contributed by atoms with Crippen molar-refractivity contribution < 1.29 is 9.59 Å². The molecular formula is C19H30N6O2. The van der Waals surface area contributed by atoms with E-state index in [0.717, 1.165) is 64.4 Å². The molecule has 1 aromatic rings. The molecule has 0 spiro atoms. The predicted octanol–water partition coefficient (Wildman–Crippen LogP) is 0.508. The van der Waals surface area contributed by atoms with Gasteiger partial charge in [0.2, 0.25) is 17.8 Å². The first-order valence-corrected chi connectivity index (χ1v) is 10.0. The second kappa shape index (κ2) is 10.2. The van der Waals surface area contributed by atoms with Crippen LogP contribution in [0.15, 0.2) is 18.5 Å². The van der Waals surface area contributed by atoms with Gasteiger partial charge in [0.15, 0.2) is 0 Å². The lowest BCUT2D eigenvalue weighted by Gasteiger charge is -2.34. The molecule has 3 heterocycles. The van der Waals surface area contributed by atoms with Gasteiger partial charge in [-0.25, -0.2) is 9.97 Å². The maximum absolute atomic E-state index is 12.1. The van der Waals surface area contributed by atoms with Gasteiger partial charge in [-0.15, -0.1) is 0 Å². The molecule has 0 bridgehead atoms. The SMILES string of the molecule is O=C(CN1CCCCCC1=O)NCCCN1CCN(c2ncccn2)CC1. The summed E-state index contributed by atoms with van der Waals surface area (Å²) in [5.41, 5.74) is 0. The van der Waals surface area contributed by atoms with E-state index >= 15 is 0 Å². The lowest BCUT2D eigenvalue weighted by atomic mass is 10.2. The highest BCUT2D eigenvalue weighted by Gasteiger charge is 2.20. The Hall–Kier alpha value is -2.22. The van der Waals surface area contributed by atoms with Crippen LogP contribution in [0.5, 0.6) is 0 Å². The first-order valence-electron chi connectivity index (χ1n) is 10.0. The quantitative estimate of drug-likeness (QED) is 0.701. The zero-order valence-corrected chi connectivity index (χ0v) is 16.0. The molecule has 8 nitrogen and oxygen atoms in total. The van der Waals surface area contributed by atoms with Crippen LogP contribution < -0.4 is 10.2 Å². The van der Waals surface area contributed by atoms with Crippen molar-refractivity contribution in [3.05, 3.63) is 18.5 Å². The van der Waals surface area contributed by atoms with Crippen LogP contribution in [0, 0.1) is 0 Å². The van der Waals surface area contributed by atoms with Gasteiger partial charge >= 0.3 is 0 Å². The third-order valence-electron chi connectivity index (χ3n) is 5.19. The normalized spacial score (nSPS) is 19.0. The average Bonchev–Trinajstić information content (AvgIpc) is 2.91. The molecule has 27 heavy (non-hydrogen) atoms. The largest absolute Gasteiger partial charge is 0.355 e. The number of aromatic nitrogens is 2. The van der Waals surface area contributed by atoms with E-state index in [1.54, 1.807) is 17.3 Å². The number of nitrogens with one attached hydrogen (secondary N) is 1. The highest BCUT2D eigenvalue weighted by Crippen LogP contribution is 2.11. The molecule has 2 amide bonds. The maximum Gasteiger partial charge on any atom is 0.239 e. The highest BCUT2D eigenvalue weighted by molar-refractivity contribution is 5.84.